The van der Waals surface area contributed by atoms with E-state index in [0.717, 1.165) is 0 Å². The van der Waals surface area contributed by atoms with Crippen molar-refractivity contribution in [2.45, 2.75) is 6.54 Å². The number of hydrogen-bond donors (Lipinski definition) is 1. The molecule has 0 unspecified atom stereocenters. The molecule has 1 N–H and O–H groups in total. The van der Waals surface area contributed by atoms with E-state index in [0.29, 0.717) is 17.5 Å². The van der Waals surface area contributed by atoms with E-state index in [1.807, 2.05) is 36.4 Å². The molecule has 0 aliphatic carbocycles. The van der Waals surface area contributed by atoms with Crippen LogP contribution in [0.15, 0.2) is 66.7 Å². The summed E-state index contributed by atoms with van der Waals surface area (Å²) < 4.78 is 0. The first-order valence-electron chi connectivity index (χ1n) is 6.69. The second-order valence-electron chi connectivity index (χ2n) is 4.62. The Morgan fingerprint density at radius 2 is 1.57 bits per heavy atom. The summed E-state index contributed by atoms with van der Waals surface area (Å²) in [5.74, 6) is 0.710. The van der Waals surface area contributed by atoms with Gasteiger partial charge < -0.3 is 5.32 Å². The van der Waals surface area contributed by atoms with Crippen molar-refractivity contribution in [2.24, 2.45) is 0 Å². The van der Waals surface area contributed by atoms with Crippen molar-refractivity contribution in [2.75, 3.05) is 5.32 Å². The van der Waals surface area contributed by atoms with Crippen LogP contribution < -0.4 is 5.32 Å². The number of anilines is 1. The molecule has 0 aliphatic heterocycles. The Labute approximate surface area is 128 Å². The fraction of sp³-hybridized carbons (Fsp3) is 0.0588. The second kappa shape index (κ2) is 6.37. The Hall–Kier alpha value is -2.39. The third kappa shape index (κ3) is 3.38. The van der Waals surface area contributed by atoms with E-state index >= 15 is 0 Å². The minimum Gasteiger partial charge on any atom is -0.364 e. The summed E-state index contributed by atoms with van der Waals surface area (Å²) in [6.45, 7) is 0.682. The highest BCUT2D eigenvalue weighted by atomic mass is 35.5. The van der Waals surface area contributed by atoms with Gasteiger partial charge in [-0.05, 0) is 28.8 Å². The van der Waals surface area contributed by atoms with Crippen LogP contribution in [-0.2, 0) is 6.54 Å². The summed E-state index contributed by atoms with van der Waals surface area (Å²) in [7, 11) is 0. The molecule has 3 nitrogen and oxygen atoms in total. The molecule has 0 atom stereocenters. The standard InChI is InChI=1S/C17H14ClN3/c18-16-10-11-17(21-20-16)19-12-14-8-4-5-9-15(14)13-6-2-1-3-7-13/h1-11H,12H2,(H,19,21). The fourth-order valence-corrected chi connectivity index (χ4v) is 2.27. The average Bonchev–Trinajstić information content (AvgIpc) is 2.55. The topological polar surface area (TPSA) is 37.8 Å². The zero-order valence-electron chi connectivity index (χ0n) is 11.3. The van der Waals surface area contributed by atoms with Crippen LogP contribution in [0.2, 0.25) is 5.15 Å². The van der Waals surface area contributed by atoms with Crippen LogP contribution in [0.25, 0.3) is 11.1 Å². The lowest BCUT2D eigenvalue weighted by atomic mass is 10.00. The van der Waals surface area contributed by atoms with Crippen molar-refractivity contribution in [1.29, 1.82) is 0 Å². The lowest BCUT2D eigenvalue weighted by Gasteiger charge is -2.11. The van der Waals surface area contributed by atoms with Crippen LogP contribution in [-0.4, -0.2) is 10.2 Å². The minimum absolute atomic E-state index is 0.394. The highest BCUT2D eigenvalue weighted by Gasteiger charge is 2.04. The molecule has 1 aromatic heterocycles. The van der Waals surface area contributed by atoms with Gasteiger partial charge in [0.2, 0.25) is 0 Å². The third-order valence-corrected chi connectivity index (χ3v) is 3.40. The van der Waals surface area contributed by atoms with E-state index in [9.17, 15) is 0 Å². The summed E-state index contributed by atoms with van der Waals surface area (Å²) >= 11 is 5.73. The van der Waals surface area contributed by atoms with Crippen molar-refractivity contribution < 1.29 is 0 Å². The number of rotatable bonds is 4. The first kappa shape index (κ1) is 13.6. The lowest BCUT2D eigenvalue weighted by Crippen LogP contribution is -2.03. The van der Waals surface area contributed by atoms with Crippen LogP contribution in [0.4, 0.5) is 5.82 Å². The van der Waals surface area contributed by atoms with Crippen LogP contribution in [0.5, 0.6) is 0 Å². The molecule has 0 radical (unpaired) electrons. The van der Waals surface area contributed by atoms with Crippen molar-refractivity contribution >= 4 is 17.4 Å². The van der Waals surface area contributed by atoms with Gasteiger partial charge in [0, 0.05) is 6.54 Å². The van der Waals surface area contributed by atoms with Gasteiger partial charge in [-0.15, -0.1) is 10.2 Å². The predicted octanol–water partition coefficient (Wildman–Crippen LogP) is 4.41. The van der Waals surface area contributed by atoms with E-state index in [2.05, 4.69) is 39.8 Å². The summed E-state index contributed by atoms with van der Waals surface area (Å²) in [4.78, 5) is 0. The zero-order chi connectivity index (χ0) is 14.5. The SMILES string of the molecule is Clc1ccc(NCc2ccccc2-c2ccccc2)nn1. The maximum absolute atomic E-state index is 5.73. The molecule has 4 heteroatoms. The molecule has 0 bridgehead atoms. The molecule has 21 heavy (non-hydrogen) atoms. The van der Waals surface area contributed by atoms with Crippen LogP contribution in [0.1, 0.15) is 5.56 Å². The van der Waals surface area contributed by atoms with Gasteiger partial charge in [0.15, 0.2) is 5.15 Å². The van der Waals surface area contributed by atoms with E-state index in [4.69, 9.17) is 11.6 Å². The van der Waals surface area contributed by atoms with Crippen LogP contribution in [0, 0.1) is 0 Å². The molecule has 3 rings (SSSR count). The second-order valence-corrected chi connectivity index (χ2v) is 5.01. The number of hydrogen-bond acceptors (Lipinski definition) is 3. The largest absolute Gasteiger partial charge is 0.364 e. The molecular formula is C17H14ClN3. The van der Waals surface area contributed by atoms with Crippen molar-refractivity contribution in [3.63, 3.8) is 0 Å². The van der Waals surface area contributed by atoms with Crippen LogP contribution >= 0.6 is 11.6 Å². The highest BCUT2D eigenvalue weighted by Crippen LogP contribution is 2.23. The van der Waals surface area contributed by atoms with Gasteiger partial charge in [-0.25, -0.2) is 0 Å². The fourth-order valence-electron chi connectivity index (χ4n) is 2.17. The average molecular weight is 296 g/mol. The van der Waals surface area contributed by atoms with Gasteiger partial charge in [0.1, 0.15) is 5.82 Å². The number of halogens is 1. The van der Waals surface area contributed by atoms with E-state index < -0.39 is 0 Å². The Balaban J connectivity index is 1.81. The first-order valence-corrected chi connectivity index (χ1v) is 7.07. The Bertz CT molecular complexity index is 712. The van der Waals surface area contributed by atoms with Crippen molar-refractivity contribution in [3.8, 4) is 11.1 Å². The maximum Gasteiger partial charge on any atom is 0.151 e. The predicted molar refractivity (Wildman–Crippen MR) is 86.2 cm³/mol. The minimum atomic E-state index is 0.394. The normalized spacial score (nSPS) is 10.3. The summed E-state index contributed by atoms with van der Waals surface area (Å²) in [6.07, 6.45) is 0. The molecule has 104 valence electrons. The molecule has 2 aromatic carbocycles. The first-order chi connectivity index (χ1) is 10.3. The molecule has 1 heterocycles. The zero-order valence-corrected chi connectivity index (χ0v) is 12.1. The summed E-state index contributed by atoms with van der Waals surface area (Å²) in [6, 6.07) is 22.2. The Morgan fingerprint density at radius 3 is 2.33 bits per heavy atom. The molecule has 0 fully saturated rings. The van der Waals surface area contributed by atoms with Gasteiger partial charge >= 0.3 is 0 Å². The van der Waals surface area contributed by atoms with Gasteiger partial charge in [0.25, 0.3) is 0 Å². The van der Waals surface area contributed by atoms with Crippen molar-refractivity contribution in [3.05, 3.63) is 77.4 Å². The Kier molecular flexibility index (Phi) is 4.12. The van der Waals surface area contributed by atoms with Crippen molar-refractivity contribution in [1.82, 2.24) is 10.2 Å². The van der Waals surface area contributed by atoms with E-state index in [1.165, 1.54) is 16.7 Å². The number of nitrogens with zero attached hydrogens (tertiary/aromatic N) is 2. The third-order valence-electron chi connectivity index (χ3n) is 3.19. The molecular weight excluding hydrogens is 282 g/mol. The van der Waals surface area contributed by atoms with E-state index in [1.54, 1.807) is 6.07 Å². The monoisotopic (exact) mass is 295 g/mol. The molecule has 0 aliphatic rings. The molecule has 0 saturated carbocycles. The van der Waals surface area contributed by atoms with Crippen LogP contribution in [0.3, 0.4) is 0 Å². The summed E-state index contributed by atoms with van der Waals surface area (Å²) in [5, 5.41) is 11.5. The maximum atomic E-state index is 5.73. The molecule has 0 saturated heterocycles. The van der Waals surface area contributed by atoms with Gasteiger partial charge in [-0.3, -0.25) is 0 Å². The smallest absolute Gasteiger partial charge is 0.151 e. The van der Waals surface area contributed by atoms with Gasteiger partial charge in [0.05, 0.1) is 0 Å². The quantitative estimate of drug-likeness (QED) is 0.775. The number of benzene rings is 2. The van der Waals surface area contributed by atoms with E-state index in [-0.39, 0.29) is 0 Å². The Morgan fingerprint density at radius 1 is 0.810 bits per heavy atom. The molecule has 3 aromatic rings. The highest BCUT2D eigenvalue weighted by molar-refractivity contribution is 6.29. The lowest BCUT2D eigenvalue weighted by molar-refractivity contribution is 1.00. The number of nitrogens with one attached hydrogen (secondary N) is 1. The van der Waals surface area contributed by atoms with Gasteiger partial charge in [-0.1, -0.05) is 66.2 Å². The number of aromatic nitrogens is 2. The van der Waals surface area contributed by atoms with Gasteiger partial charge in [-0.2, -0.15) is 0 Å². The molecule has 0 amide bonds. The molecule has 0 spiro atoms. The summed E-state index contributed by atoms with van der Waals surface area (Å²) in [5.41, 5.74) is 3.63.